The quantitative estimate of drug-likeness (QED) is 0.755. The van der Waals surface area contributed by atoms with Gasteiger partial charge in [-0.2, -0.15) is 0 Å². The van der Waals surface area contributed by atoms with E-state index >= 15 is 0 Å². The number of nitrogens with two attached hydrogens (primary N) is 1. The summed E-state index contributed by atoms with van der Waals surface area (Å²) in [5, 5.41) is 11.9. The second-order valence-corrected chi connectivity index (χ2v) is 4.16. The van der Waals surface area contributed by atoms with Crippen molar-refractivity contribution in [2.24, 2.45) is 0 Å². The van der Waals surface area contributed by atoms with Crippen molar-refractivity contribution in [2.75, 3.05) is 18.2 Å². The van der Waals surface area contributed by atoms with Gasteiger partial charge in [0.2, 0.25) is 0 Å². The van der Waals surface area contributed by atoms with Crippen molar-refractivity contribution in [1.82, 2.24) is 0 Å². The molecular formula is C14H12F2N2O3. The summed E-state index contributed by atoms with van der Waals surface area (Å²) in [4.78, 5) is 11.2. The van der Waals surface area contributed by atoms with Crippen LogP contribution in [0, 0.1) is 11.6 Å². The number of benzene rings is 2. The Morgan fingerprint density at radius 3 is 2.52 bits per heavy atom. The van der Waals surface area contributed by atoms with Crippen LogP contribution in [0.5, 0.6) is 5.75 Å². The number of hydrogen-bond acceptors (Lipinski definition) is 4. The number of carbonyl (C=O) groups is 1. The first-order valence-electron chi connectivity index (χ1n) is 5.86. The van der Waals surface area contributed by atoms with Gasteiger partial charge in [0.15, 0.2) is 11.6 Å². The third kappa shape index (κ3) is 2.86. The first kappa shape index (κ1) is 14.6. The lowest BCUT2D eigenvalue weighted by atomic mass is 10.1. The second kappa shape index (κ2) is 5.66. The highest BCUT2D eigenvalue weighted by Crippen LogP contribution is 2.30. The summed E-state index contributed by atoms with van der Waals surface area (Å²) in [6, 6.07) is 6.19. The number of methoxy groups -OCH3 is 1. The molecule has 0 atom stereocenters. The summed E-state index contributed by atoms with van der Waals surface area (Å²) >= 11 is 0. The van der Waals surface area contributed by atoms with E-state index in [0.717, 1.165) is 12.1 Å². The molecule has 7 heteroatoms. The molecule has 110 valence electrons. The minimum atomic E-state index is -1.37. The van der Waals surface area contributed by atoms with Gasteiger partial charge < -0.3 is 20.9 Å². The summed E-state index contributed by atoms with van der Waals surface area (Å²) in [6.45, 7) is 0. The van der Waals surface area contributed by atoms with Gasteiger partial charge in [-0.3, -0.25) is 0 Å². The molecule has 0 spiro atoms. The van der Waals surface area contributed by atoms with E-state index in [4.69, 9.17) is 15.6 Å². The Kier molecular flexibility index (Phi) is 3.93. The van der Waals surface area contributed by atoms with Gasteiger partial charge in [0.05, 0.1) is 18.5 Å². The number of hydrogen-bond donors (Lipinski definition) is 3. The summed E-state index contributed by atoms with van der Waals surface area (Å²) in [5.41, 5.74) is 5.05. The van der Waals surface area contributed by atoms with Gasteiger partial charge in [0.1, 0.15) is 11.4 Å². The number of carboxylic acid groups (broad SMARTS) is 1. The summed E-state index contributed by atoms with van der Waals surface area (Å²) in [7, 11) is 1.31. The molecule has 0 radical (unpaired) electrons. The number of halogens is 2. The highest BCUT2D eigenvalue weighted by molar-refractivity contribution is 6.00. The maximum atomic E-state index is 13.3. The molecule has 5 nitrogen and oxygen atoms in total. The van der Waals surface area contributed by atoms with Crippen molar-refractivity contribution < 1.29 is 23.4 Å². The van der Waals surface area contributed by atoms with E-state index in [2.05, 4.69) is 5.32 Å². The number of aromatic carboxylic acids is 1. The topological polar surface area (TPSA) is 84.6 Å². The molecular weight excluding hydrogens is 282 g/mol. The molecule has 2 aromatic carbocycles. The maximum absolute atomic E-state index is 13.3. The molecule has 0 bridgehead atoms. The van der Waals surface area contributed by atoms with Crippen molar-refractivity contribution in [1.29, 1.82) is 0 Å². The molecule has 0 aliphatic rings. The second-order valence-electron chi connectivity index (χ2n) is 4.16. The number of anilines is 3. The molecule has 4 N–H and O–H groups in total. The van der Waals surface area contributed by atoms with E-state index in [1.807, 2.05) is 0 Å². The highest BCUT2D eigenvalue weighted by atomic mass is 19.1. The predicted molar refractivity (Wildman–Crippen MR) is 74.0 cm³/mol. The first-order valence-corrected chi connectivity index (χ1v) is 5.86. The van der Waals surface area contributed by atoms with Crippen LogP contribution in [0.1, 0.15) is 10.4 Å². The smallest absolute Gasteiger partial charge is 0.340 e. The summed E-state index contributed by atoms with van der Waals surface area (Å²) < 4.78 is 31.5. The van der Waals surface area contributed by atoms with E-state index in [1.165, 1.54) is 25.3 Å². The third-order valence-electron chi connectivity index (χ3n) is 2.84. The SMILES string of the molecule is COc1cc(Nc2ccc(F)c(N)c2C(=O)O)ccc1F. The van der Waals surface area contributed by atoms with E-state index in [0.29, 0.717) is 5.69 Å². The summed E-state index contributed by atoms with van der Waals surface area (Å²) in [5.74, 6) is -2.76. The van der Waals surface area contributed by atoms with Crippen LogP contribution in [0.2, 0.25) is 0 Å². The summed E-state index contributed by atoms with van der Waals surface area (Å²) in [6.07, 6.45) is 0. The molecule has 2 aromatic rings. The standard InChI is InChI=1S/C14H12F2N2O3/c1-21-11-6-7(2-3-8(11)15)18-10-5-4-9(16)13(17)12(10)14(19)20/h2-6,18H,17H2,1H3,(H,19,20). The Hall–Kier alpha value is -2.83. The lowest BCUT2D eigenvalue weighted by Crippen LogP contribution is -2.08. The number of ether oxygens (including phenoxy) is 1. The van der Waals surface area contributed by atoms with Crippen LogP contribution < -0.4 is 15.8 Å². The number of nitrogen functional groups attached to an aromatic ring is 1. The van der Waals surface area contributed by atoms with Crippen LogP contribution in [-0.2, 0) is 0 Å². The Morgan fingerprint density at radius 2 is 1.90 bits per heavy atom. The first-order chi connectivity index (χ1) is 9.93. The molecule has 2 rings (SSSR count). The minimum absolute atomic E-state index is 0.00745. The predicted octanol–water partition coefficient (Wildman–Crippen LogP) is 3.00. The molecule has 0 aromatic heterocycles. The van der Waals surface area contributed by atoms with Gasteiger partial charge in [0.25, 0.3) is 0 Å². The largest absolute Gasteiger partial charge is 0.494 e. The van der Waals surface area contributed by atoms with Gasteiger partial charge >= 0.3 is 5.97 Å². The molecule has 0 saturated carbocycles. The monoisotopic (exact) mass is 294 g/mol. The number of nitrogens with one attached hydrogen (secondary N) is 1. The fourth-order valence-corrected chi connectivity index (χ4v) is 1.82. The van der Waals surface area contributed by atoms with Crippen LogP contribution >= 0.6 is 0 Å². The van der Waals surface area contributed by atoms with Crippen molar-refractivity contribution in [3.8, 4) is 5.75 Å². The zero-order valence-corrected chi connectivity index (χ0v) is 11.0. The molecule has 0 heterocycles. The average Bonchev–Trinajstić information content (AvgIpc) is 2.44. The van der Waals surface area contributed by atoms with E-state index < -0.39 is 28.9 Å². The molecule has 0 aliphatic heterocycles. The van der Waals surface area contributed by atoms with Crippen molar-refractivity contribution in [3.63, 3.8) is 0 Å². The van der Waals surface area contributed by atoms with Crippen molar-refractivity contribution in [3.05, 3.63) is 47.5 Å². The Labute approximate surface area is 119 Å². The molecule has 21 heavy (non-hydrogen) atoms. The van der Waals surface area contributed by atoms with Gasteiger partial charge in [-0.15, -0.1) is 0 Å². The number of rotatable bonds is 4. The molecule has 0 saturated heterocycles. The zero-order chi connectivity index (χ0) is 15.6. The minimum Gasteiger partial charge on any atom is -0.494 e. The van der Waals surface area contributed by atoms with Crippen LogP contribution in [0.15, 0.2) is 30.3 Å². The molecule has 0 fully saturated rings. The van der Waals surface area contributed by atoms with Crippen LogP contribution in [0.4, 0.5) is 25.8 Å². The molecule has 0 unspecified atom stereocenters. The van der Waals surface area contributed by atoms with Crippen LogP contribution in [0.25, 0.3) is 0 Å². The van der Waals surface area contributed by atoms with Crippen LogP contribution in [0.3, 0.4) is 0 Å². The molecule has 0 aliphatic carbocycles. The van der Waals surface area contributed by atoms with Crippen LogP contribution in [-0.4, -0.2) is 18.2 Å². The fraction of sp³-hybridized carbons (Fsp3) is 0.0714. The Balaban J connectivity index is 2.44. The van der Waals surface area contributed by atoms with Gasteiger partial charge in [-0.1, -0.05) is 0 Å². The zero-order valence-electron chi connectivity index (χ0n) is 11.0. The Morgan fingerprint density at radius 1 is 1.24 bits per heavy atom. The van der Waals surface area contributed by atoms with Crippen molar-refractivity contribution >= 4 is 23.0 Å². The van der Waals surface area contributed by atoms with Crippen molar-refractivity contribution in [2.45, 2.75) is 0 Å². The van der Waals surface area contributed by atoms with E-state index in [1.54, 1.807) is 0 Å². The van der Waals surface area contributed by atoms with Gasteiger partial charge in [-0.05, 0) is 24.3 Å². The third-order valence-corrected chi connectivity index (χ3v) is 2.84. The normalized spacial score (nSPS) is 10.2. The Bertz CT molecular complexity index is 705. The maximum Gasteiger partial charge on any atom is 0.340 e. The van der Waals surface area contributed by atoms with Gasteiger partial charge in [0, 0.05) is 11.8 Å². The lowest BCUT2D eigenvalue weighted by Gasteiger charge is -2.13. The fourth-order valence-electron chi connectivity index (χ4n) is 1.82. The molecule has 0 amide bonds. The van der Waals surface area contributed by atoms with E-state index in [9.17, 15) is 13.6 Å². The highest BCUT2D eigenvalue weighted by Gasteiger charge is 2.18. The lowest BCUT2D eigenvalue weighted by molar-refractivity contribution is 0.0698. The average molecular weight is 294 g/mol. The van der Waals surface area contributed by atoms with E-state index in [-0.39, 0.29) is 11.4 Å². The number of carboxylic acids is 1. The van der Waals surface area contributed by atoms with Gasteiger partial charge in [-0.25, -0.2) is 13.6 Å².